The summed E-state index contributed by atoms with van der Waals surface area (Å²) in [6, 6.07) is 48.9. The van der Waals surface area contributed by atoms with Gasteiger partial charge < -0.3 is 9.47 Å². The zero-order valence-corrected chi connectivity index (χ0v) is 30.7. The van der Waals surface area contributed by atoms with Gasteiger partial charge in [0.25, 0.3) is 0 Å². The van der Waals surface area contributed by atoms with E-state index < -0.39 is 0 Å². The van der Waals surface area contributed by atoms with Crippen molar-refractivity contribution in [3.63, 3.8) is 0 Å². The van der Waals surface area contributed by atoms with Crippen LogP contribution in [-0.4, -0.2) is 14.5 Å². The lowest BCUT2D eigenvalue weighted by molar-refractivity contribution is 0.660. The number of fused-ring (bicyclic) bond motifs is 6. The molecule has 3 aromatic heterocycles. The second-order valence-corrected chi connectivity index (χ2v) is 15.3. The van der Waals surface area contributed by atoms with Gasteiger partial charge >= 0.3 is 0 Å². The zero-order valence-electron chi connectivity index (χ0n) is 30.7. The fourth-order valence-electron chi connectivity index (χ4n) is 8.81. The van der Waals surface area contributed by atoms with E-state index in [1.54, 1.807) is 0 Å². The summed E-state index contributed by atoms with van der Waals surface area (Å²) in [4.78, 5) is 11.4. The SMILES string of the molecule is CC1C=Cc2c(n(-c3ccccc3)c3ccc(N(c4cc(-c5cccnc5)cc(-c5cccnc5)c4)c4ccc5c(c4)C(C)(C)c4ccccc4-5)cc23)C1. The van der Waals surface area contributed by atoms with E-state index in [1.807, 2.05) is 36.9 Å². The third kappa shape index (κ3) is 5.21. The molecule has 4 heteroatoms. The first-order chi connectivity index (χ1) is 26.4. The first-order valence-corrected chi connectivity index (χ1v) is 18.9. The summed E-state index contributed by atoms with van der Waals surface area (Å²) in [6.45, 7) is 7.02. The van der Waals surface area contributed by atoms with Crippen LogP contribution in [0.4, 0.5) is 17.1 Å². The van der Waals surface area contributed by atoms with Gasteiger partial charge in [-0.3, -0.25) is 9.97 Å². The first-order valence-electron chi connectivity index (χ1n) is 18.9. The van der Waals surface area contributed by atoms with Crippen molar-refractivity contribution in [3.8, 4) is 39.1 Å². The normalized spacial score (nSPS) is 15.1. The fourth-order valence-corrected chi connectivity index (χ4v) is 8.81. The van der Waals surface area contributed by atoms with E-state index in [2.05, 4.69) is 174 Å². The van der Waals surface area contributed by atoms with E-state index in [4.69, 9.17) is 0 Å². The molecule has 8 aromatic rings. The number of allylic oxidation sites excluding steroid dienone is 1. The van der Waals surface area contributed by atoms with Crippen LogP contribution in [0.25, 0.3) is 56.0 Å². The van der Waals surface area contributed by atoms with Crippen LogP contribution in [-0.2, 0) is 11.8 Å². The van der Waals surface area contributed by atoms with Crippen molar-refractivity contribution in [2.45, 2.75) is 32.6 Å². The minimum absolute atomic E-state index is 0.135. The molecule has 0 bridgehead atoms. The van der Waals surface area contributed by atoms with Gasteiger partial charge in [-0.25, -0.2) is 0 Å². The molecular formula is C50H40N4. The summed E-state index contributed by atoms with van der Waals surface area (Å²) in [7, 11) is 0. The largest absolute Gasteiger partial charge is 0.313 e. The number of anilines is 3. The third-order valence-electron chi connectivity index (χ3n) is 11.5. The van der Waals surface area contributed by atoms with Gasteiger partial charge in [-0.2, -0.15) is 0 Å². The molecule has 10 rings (SSSR count). The van der Waals surface area contributed by atoms with E-state index in [1.165, 1.54) is 50.1 Å². The van der Waals surface area contributed by atoms with Crippen LogP contribution < -0.4 is 4.90 Å². The quantitative estimate of drug-likeness (QED) is 0.174. The van der Waals surface area contributed by atoms with Crippen molar-refractivity contribution in [1.82, 2.24) is 14.5 Å². The summed E-state index contributed by atoms with van der Waals surface area (Å²) < 4.78 is 2.47. The maximum Gasteiger partial charge on any atom is 0.0539 e. The molecule has 4 nitrogen and oxygen atoms in total. The van der Waals surface area contributed by atoms with E-state index in [0.717, 1.165) is 45.7 Å². The van der Waals surface area contributed by atoms with Gasteiger partial charge in [0.1, 0.15) is 0 Å². The fraction of sp³-hybridized carbons (Fsp3) is 0.120. The number of aromatic nitrogens is 3. The van der Waals surface area contributed by atoms with E-state index >= 15 is 0 Å². The van der Waals surface area contributed by atoms with Crippen LogP contribution in [0.2, 0.25) is 0 Å². The number of para-hydroxylation sites is 1. The number of benzene rings is 5. The van der Waals surface area contributed by atoms with Gasteiger partial charge in [0.2, 0.25) is 0 Å². The molecule has 5 aromatic carbocycles. The lowest BCUT2D eigenvalue weighted by Gasteiger charge is -2.29. The summed E-state index contributed by atoms with van der Waals surface area (Å²) in [6.07, 6.45) is 13.3. The van der Waals surface area contributed by atoms with Crippen LogP contribution in [0.1, 0.15) is 43.2 Å². The number of hydrogen-bond donors (Lipinski definition) is 0. The number of pyridine rings is 2. The van der Waals surface area contributed by atoms with Crippen molar-refractivity contribution in [2.75, 3.05) is 4.90 Å². The summed E-state index contributed by atoms with van der Waals surface area (Å²) >= 11 is 0. The molecule has 54 heavy (non-hydrogen) atoms. The molecule has 0 aliphatic heterocycles. The Bertz CT molecular complexity index is 2670. The second kappa shape index (κ2) is 12.6. The van der Waals surface area contributed by atoms with Crippen molar-refractivity contribution < 1.29 is 0 Å². The Morgan fingerprint density at radius 2 is 1.28 bits per heavy atom. The Morgan fingerprint density at radius 1 is 0.611 bits per heavy atom. The predicted octanol–water partition coefficient (Wildman–Crippen LogP) is 12.7. The molecule has 0 N–H and O–H groups in total. The van der Waals surface area contributed by atoms with Crippen LogP contribution in [0.5, 0.6) is 0 Å². The number of hydrogen-bond acceptors (Lipinski definition) is 3. The topological polar surface area (TPSA) is 34.0 Å². The Labute approximate surface area is 316 Å². The predicted molar refractivity (Wildman–Crippen MR) is 224 cm³/mol. The molecule has 1 atom stereocenters. The maximum atomic E-state index is 4.50. The number of rotatable bonds is 6. The minimum Gasteiger partial charge on any atom is -0.313 e. The molecule has 0 spiro atoms. The summed E-state index contributed by atoms with van der Waals surface area (Å²) in [5.74, 6) is 0.472. The van der Waals surface area contributed by atoms with Crippen molar-refractivity contribution >= 4 is 34.0 Å². The second-order valence-electron chi connectivity index (χ2n) is 15.3. The van der Waals surface area contributed by atoms with Crippen molar-refractivity contribution in [3.05, 3.63) is 187 Å². The average molecular weight is 697 g/mol. The molecule has 0 radical (unpaired) electrons. The Morgan fingerprint density at radius 3 is 2.00 bits per heavy atom. The zero-order chi connectivity index (χ0) is 36.4. The molecule has 0 amide bonds. The van der Waals surface area contributed by atoms with Crippen LogP contribution >= 0.6 is 0 Å². The van der Waals surface area contributed by atoms with Crippen molar-refractivity contribution in [1.29, 1.82) is 0 Å². The molecule has 0 saturated heterocycles. The molecular weight excluding hydrogens is 657 g/mol. The number of nitrogens with zero attached hydrogens (tertiary/aromatic N) is 4. The maximum absolute atomic E-state index is 4.50. The van der Waals surface area contributed by atoms with Crippen LogP contribution in [0, 0.1) is 5.92 Å². The molecule has 260 valence electrons. The highest BCUT2D eigenvalue weighted by Gasteiger charge is 2.36. The van der Waals surface area contributed by atoms with Gasteiger partial charge in [-0.05, 0) is 119 Å². The van der Waals surface area contributed by atoms with Crippen LogP contribution in [0.3, 0.4) is 0 Å². The lowest BCUT2D eigenvalue weighted by Crippen LogP contribution is -2.16. The van der Waals surface area contributed by atoms with Gasteiger partial charge in [0.05, 0.1) is 5.52 Å². The summed E-state index contributed by atoms with van der Waals surface area (Å²) in [5, 5.41) is 1.25. The molecule has 2 aliphatic carbocycles. The summed E-state index contributed by atoms with van der Waals surface area (Å²) in [5.41, 5.74) is 17.9. The Kier molecular flexibility index (Phi) is 7.48. The van der Waals surface area contributed by atoms with Gasteiger partial charge in [0, 0.05) is 80.7 Å². The highest BCUT2D eigenvalue weighted by molar-refractivity contribution is 5.98. The van der Waals surface area contributed by atoms with Gasteiger partial charge in [0.15, 0.2) is 0 Å². The van der Waals surface area contributed by atoms with E-state index in [0.29, 0.717) is 5.92 Å². The third-order valence-corrected chi connectivity index (χ3v) is 11.5. The smallest absolute Gasteiger partial charge is 0.0539 e. The molecule has 0 fully saturated rings. The molecule has 0 saturated carbocycles. The highest BCUT2D eigenvalue weighted by Crippen LogP contribution is 2.51. The van der Waals surface area contributed by atoms with E-state index in [9.17, 15) is 0 Å². The lowest BCUT2D eigenvalue weighted by atomic mass is 9.82. The molecule has 2 aliphatic rings. The van der Waals surface area contributed by atoms with Gasteiger partial charge in [-0.1, -0.05) is 93.6 Å². The Hall–Kier alpha value is -6.52. The average Bonchev–Trinajstić information content (AvgIpc) is 3.66. The monoisotopic (exact) mass is 696 g/mol. The van der Waals surface area contributed by atoms with E-state index in [-0.39, 0.29) is 5.41 Å². The molecule has 1 unspecified atom stereocenters. The molecule has 3 heterocycles. The standard InChI is InChI=1S/C50H40N4/c1-33-17-20-44-45-29-39(19-22-48(45)54(49(44)25-33)38-13-5-4-6-14-38)53(40-18-21-43-42-15-7-8-16-46(42)50(2,3)47(43)30-40)41-27-36(34-11-9-23-51-31-34)26-37(28-41)35-12-10-24-52-32-35/h4-24,26-33H,25H2,1-3H3. The van der Waals surface area contributed by atoms with Gasteiger partial charge in [-0.15, -0.1) is 0 Å². The highest BCUT2D eigenvalue weighted by atomic mass is 15.1. The minimum atomic E-state index is -0.135. The first kappa shape index (κ1) is 32.2. The van der Waals surface area contributed by atoms with Crippen LogP contribution in [0.15, 0.2) is 164 Å². The van der Waals surface area contributed by atoms with Crippen molar-refractivity contribution in [2.24, 2.45) is 5.92 Å². The Balaban J connectivity index is 1.23.